The Morgan fingerprint density at radius 2 is 2.09 bits per heavy atom. The average molecular weight is 326 g/mol. The van der Waals surface area contributed by atoms with E-state index in [-0.39, 0.29) is 30.0 Å². The highest BCUT2D eigenvalue weighted by Gasteiger charge is 2.28. The van der Waals surface area contributed by atoms with E-state index in [1.54, 1.807) is 13.0 Å². The van der Waals surface area contributed by atoms with Gasteiger partial charge >= 0.3 is 0 Å². The fraction of sp³-hybridized carbons (Fsp3) is 0.533. The van der Waals surface area contributed by atoms with Gasteiger partial charge < -0.3 is 10.0 Å². The Morgan fingerprint density at radius 1 is 1.41 bits per heavy atom. The van der Waals surface area contributed by atoms with Crippen molar-refractivity contribution in [1.29, 1.82) is 0 Å². The van der Waals surface area contributed by atoms with Gasteiger partial charge in [-0.1, -0.05) is 6.07 Å². The Balaban J connectivity index is 2.31. The van der Waals surface area contributed by atoms with Crippen molar-refractivity contribution in [1.82, 2.24) is 9.62 Å². The van der Waals surface area contributed by atoms with Crippen LogP contribution < -0.4 is 4.72 Å². The number of hydrogen-bond donors (Lipinski definition) is 2. The topological polar surface area (TPSA) is 86.7 Å². The summed E-state index contributed by atoms with van der Waals surface area (Å²) in [5, 5.41) is 9.02. The fourth-order valence-corrected chi connectivity index (χ4v) is 3.51. The monoisotopic (exact) mass is 326 g/mol. The smallest absolute Gasteiger partial charge is 0.254 e. The molecule has 2 N–H and O–H groups in total. The molecule has 0 saturated heterocycles. The lowest BCUT2D eigenvalue weighted by molar-refractivity contribution is 0.0731. The molecule has 1 saturated carbocycles. The van der Waals surface area contributed by atoms with Gasteiger partial charge in [-0.05, 0) is 44.4 Å². The van der Waals surface area contributed by atoms with Gasteiger partial charge in [-0.2, -0.15) is 0 Å². The standard InChI is InChI=1S/C15H22N2O4S/c1-3-17(8-9-18)15(19)14-10-13(7-4-11(14)2)22(20,21)16-12-5-6-12/h4,7,10,12,16,18H,3,5-6,8-9H2,1-2H3. The van der Waals surface area contributed by atoms with Crippen LogP contribution in [0.3, 0.4) is 0 Å². The van der Waals surface area contributed by atoms with Crippen LogP contribution in [-0.2, 0) is 10.0 Å². The molecule has 0 spiro atoms. The molecule has 7 heteroatoms. The number of carbonyl (C=O) groups excluding carboxylic acids is 1. The SMILES string of the molecule is CCN(CCO)C(=O)c1cc(S(=O)(=O)NC2CC2)ccc1C. The molecule has 6 nitrogen and oxygen atoms in total. The Bertz CT molecular complexity index is 654. The predicted molar refractivity (Wildman–Crippen MR) is 83.2 cm³/mol. The summed E-state index contributed by atoms with van der Waals surface area (Å²) in [4.78, 5) is 14.1. The predicted octanol–water partition coefficient (Wildman–Crippen LogP) is 0.890. The highest BCUT2D eigenvalue weighted by molar-refractivity contribution is 7.89. The Labute approximate surface area is 131 Å². The van der Waals surface area contributed by atoms with Crippen molar-refractivity contribution in [2.75, 3.05) is 19.7 Å². The first-order valence-corrected chi connectivity index (χ1v) is 8.90. The second-order valence-electron chi connectivity index (χ2n) is 5.48. The molecule has 2 rings (SSSR count). The molecule has 1 aliphatic carbocycles. The molecule has 0 radical (unpaired) electrons. The van der Waals surface area contributed by atoms with E-state index in [4.69, 9.17) is 5.11 Å². The lowest BCUT2D eigenvalue weighted by atomic mass is 10.1. The molecule has 0 atom stereocenters. The summed E-state index contributed by atoms with van der Waals surface area (Å²) in [6.45, 7) is 4.14. The number of aliphatic hydroxyl groups is 1. The van der Waals surface area contributed by atoms with Gasteiger partial charge in [-0.25, -0.2) is 13.1 Å². The van der Waals surface area contributed by atoms with Crippen LogP contribution >= 0.6 is 0 Å². The largest absolute Gasteiger partial charge is 0.395 e. The maximum absolute atomic E-state index is 12.5. The first kappa shape index (κ1) is 16.9. The maximum Gasteiger partial charge on any atom is 0.254 e. The normalized spacial score (nSPS) is 14.9. The van der Waals surface area contributed by atoms with Crippen LogP contribution in [0.1, 0.15) is 35.7 Å². The second-order valence-corrected chi connectivity index (χ2v) is 7.19. The quantitative estimate of drug-likeness (QED) is 0.779. The van der Waals surface area contributed by atoms with E-state index in [1.165, 1.54) is 17.0 Å². The van der Waals surface area contributed by atoms with E-state index in [0.717, 1.165) is 12.8 Å². The third kappa shape index (κ3) is 3.85. The zero-order valence-electron chi connectivity index (χ0n) is 12.9. The molecule has 1 fully saturated rings. The van der Waals surface area contributed by atoms with Gasteiger partial charge in [0.15, 0.2) is 0 Å². The summed E-state index contributed by atoms with van der Waals surface area (Å²) >= 11 is 0. The average Bonchev–Trinajstić information content (AvgIpc) is 3.27. The molecule has 1 aromatic carbocycles. The number of carbonyl (C=O) groups is 1. The molecule has 22 heavy (non-hydrogen) atoms. The van der Waals surface area contributed by atoms with E-state index in [2.05, 4.69) is 4.72 Å². The first-order chi connectivity index (χ1) is 10.4. The number of rotatable bonds is 7. The van der Waals surface area contributed by atoms with Crippen molar-refractivity contribution in [3.05, 3.63) is 29.3 Å². The molecular formula is C15H22N2O4S. The van der Waals surface area contributed by atoms with E-state index in [1.807, 2.05) is 6.92 Å². The van der Waals surface area contributed by atoms with Crippen molar-refractivity contribution < 1.29 is 18.3 Å². The molecule has 0 bridgehead atoms. The Kier molecular flexibility index (Phi) is 5.20. The maximum atomic E-state index is 12.5. The van der Waals surface area contributed by atoms with Crippen LogP contribution in [0, 0.1) is 6.92 Å². The number of amides is 1. The van der Waals surface area contributed by atoms with Gasteiger partial charge in [0.05, 0.1) is 11.5 Å². The molecule has 1 aromatic rings. The third-order valence-corrected chi connectivity index (χ3v) is 5.21. The van der Waals surface area contributed by atoms with Crippen LogP contribution in [0.15, 0.2) is 23.1 Å². The second kappa shape index (κ2) is 6.76. The summed E-state index contributed by atoms with van der Waals surface area (Å²) in [6, 6.07) is 4.59. The molecule has 0 aliphatic heterocycles. The molecule has 1 amide bonds. The van der Waals surface area contributed by atoms with Crippen molar-refractivity contribution in [2.24, 2.45) is 0 Å². The number of sulfonamides is 1. The van der Waals surface area contributed by atoms with Gasteiger partial charge in [-0.3, -0.25) is 4.79 Å². The molecule has 0 unspecified atom stereocenters. The number of aliphatic hydroxyl groups excluding tert-OH is 1. The molecular weight excluding hydrogens is 304 g/mol. The Hall–Kier alpha value is -1.44. The van der Waals surface area contributed by atoms with Crippen molar-refractivity contribution in [3.8, 4) is 0 Å². The van der Waals surface area contributed by atoms with Crippen LogP contribution in [0.25, 0.3) is 0 Å². The van der Waals surface area contributed by atoms with Crippen LogP contribution in [0.2, 0.25) is 0 Å². The van der Waals surface area contributed by atoms with E-state index < -0.39 is 10.0 Å². The number of nitrogens with zero attached hydrogens (tertiary/aromatic N) is 1. The van der Waals surface area contributed by atoms with Crippen molar-refractivity contribution >= 4 is 15.9 Å². The number of likely N-dealkylation sites (N-methyl/N-ethyl adjacent to an activating group) is 1. The first-order valence-electron chi connectivity index (χ1n) is 7.42. The minimum Gasteiger partial charge on any atom is -0.395 e. The zero-order chi connectivity index (χ0) is 16.3. The molecule has 0 aromatic heterocycles. The summed E-state index contributed by atoms with van der Waals surface area (Å²) in [5.74, 6) is -0.266. The summed E-state index contributed by atoms with van der Waals surface area (Å²) in [7, 11) is -3.58. The van der Waals surface area contributed by atoms with Gasteiger partial charge in [0, 0.05) is 24.7 Å². The Morgan fingerprint density at radius 3 is 2.64 bits per heavy atom. The fourth-order valence-electron chi connectivity index (χ4n) is 2.18. The van der Waals surface area contributed by atoms with Gasteiger partial charge in [0.25, 0.3) is 5.91 Å². The molecule has 1 aliphatic rings. The lowest BCUT2D eigenvalue weighted by Crippen LogP contribution is -2.34. The van der Waals surface area contributed by atoms with Gasteiger partial charge in [0.1, 0.15) is 0 Å². The summed E-state index contributed by atoms with van der Waals surface area (Å²) in [5.41, 5.74) is 1.07. The van der Waals surface area contributed by atoms with E-state index in [9.17, 15) is 13.2 Å². The van der Waals surface area contributed by atoms with Gasteiger partial charge in [0.2, 0.25) is 10.0 Å². The zero-order valence-corrected chi connectivity index (χ0v) is 13.7. The van der Waals surface area contributed by atoms with Crippen LogP contribution in [0.5, 0.6) is 0 Å². The third-order valence-electron chi connectivity index (χ3n) is 3.69. The van der Waals surface area contributed by atoms with Gasteiger partial charge in [-0.15, -0.1) is 0 Å². The number of benzene rings is 1. The van der Waals surface area contributed by atoms with Crippen LogP contribution in [0.4, 0.5) is 0 Å². The minimum atomic E-state index is -3.58. The summed E-state index contributed by atoms with van der Waals surface area (Å²) < 4.78 is 27.1. The number of hydrogen-bond acceptors (Lipinski definition) is 4. The van der Waals surface area contributed by atoms with Crippen LogP contribution in [-0.4, -0.2) is 50.1 Å². The van der Waals surface area contributed by atoms with E-state index in [0.29, 0.717) is 17.7 Å². The molecule has 122 valence electrons. The highest BCUT2D eigenvalue weighted by Crippen LogP contribution is 2.23. The van der Waals surface area contributed by atoms with Crippen molar-refractivity contribution in [2.45, 2.75) is 37.6 Å². The number of aryl methyl sites for hydroxylation is 1. The highest BCUT2D eigenvalue weighted by atomic mass is 32.2. The summed E-state index contributed by atoms with van der Waals surface area (Å²) in [6.07, 6.45) is 1.72. The van der Waals surface area contributed by atoms with Crippen molar-refractivity contribution in [3.63, 3.8) is 0 Å². The number of nitrogens with one attached hydrogen (secondary N) is 1. The van der Waals surface area contributed by atoms with E-state index >= 15 is 0 Å². The lowest BCUT2D eigenvalue weighted by Gasteiger charge is -2.21. The minimum absolute atomic E-state index is 0.0204. The molecule has 0 heterocycles.